The predicted octanol–water partition coefficient (Wildman–Crippen LogP) is 4.14. The van der Waals surface area contributed by atoms with Crippen LogP contribution in [0.4, 0.5) is 10.1 Å². The first-order valence-corrected chi connectivity index (χ1v) is 7.47. The van der Waals surface area contributed by atoms with E-state index >= 15 is 0 Å². The number of ketones is 1. The molecule has 104 valence electrons. The van der Waals surface area contributed by atoms with Gasteiger partial charge in [-0.1, -0.05) is 18.2 Å². The number of hydrogen-bond donors (Lipinski definition) is 0. The highest BCUT2D eigenvalue weighted by Gasteiger charge is 2.12. The Hall–Kier alpha value is -1.43. The number of anilines is 1. The molecule has 2 aromatic carbocycles. The number of likely N-dealkylation sites (N-methyl/N-ethyl adjacent to an activating group) is 1. The molecule has 0 spiro atoms. The zero-order valence-corrected chi connectivity index (χ0v) is 13.3. The summed E-state index contributed by atoms with van der Waals surface area (Å²) in [5.74, 6) is -0.254. The second-order valence-electron chi connectivity index (χ2n) is 4.42. The molecule has 4 heteroatoms. The summed E-state index contributed by atoms with van der Waals surface area (Å²) in [4.78, 5) is 14.1. The van der Waals surface area contributed by atoms with E-state index in [1.54, 1.807) is 6.07 Å². The van der Waals surface area contributed by atoms with Gasteiger partial charge in [0.15, 0.2) is 5.78 Å². The third kappa shape index (κ3) is 3.79. The summed E-state index contributed by atoms with van der Waals surface area (Å²) in [7, 11) is 0. The number of benzene rings is 2. The minimum atomic E-state index is -0.289. The van der Waals surface area contributed by atoms with Crippen molar-refractivity contribution in [2.24, 2.45) is 0 Å². The molecule has 0 bridgehead atoms. The van der Waals surface area contributed by atoms with Crippen LogP contribution < -0.4 is 4.90 Å². The molecule has 0 amide bonds. The Morgan fingerprint density at radius 2 is 1.90 bits per heavy atom. The minimum Gasteiger partial charge on any atom is -0.364 e. The third-order valence-corrected chi connectivity index (χ3v) is 3.77. The lowest BCUT2D eigenvalue weighted by Crippen LogP contribution is -2.29. The van der Waals surface area contributed by atoms with Crippen molar-refractivity contribution in [2.45, 2.75) is 6.92 Å². The molecule has 2 rings (SSSR count). The summed E-state index contributed by atoms with van der Waals surface area (Å²) < 4.78 is 14.4. The molecular formula is C16H15FINO. The van der Waals surface area contributed by atoms with Crippen molar-refractivity contribution in [1.82, 2.24) is 0 Å². The van der Waals surface area contributed by atoms with Gasteiger partial charge in [0.1, 0.15) is 5.82 Å². The van der Waals surface area contributed by atoms with E-state index in [1.165, 1.54) is 12.1 Å². The Morgan fingerprint density at radius 1 is 1.20 bits per heavy atom. The Balaban J connectivity index is 2.14. The summed E-state index contributed by atoms with van der Waals surface area (Å²) in [6.07, 6.45) is 0. The second kappa shape index (κ2) is 6.83. The van der Waals surface area contributed by atoms with Crippen LogP contribution in [0.5, 0.6) is 0 Å². The van der Waals surface area contributed by atoms with Crippen LogP contribution in [0.25, 0.3) is 0 Å². The number of Topliss-reactive ketones (excluding diaryl/α,β-unsaturated/α-hetero) is 1. The summed E-state index contributed by atoms with van der Waals surface area (Å²) in [5, 5.41) is 0. The average Bonchev–Trinajstić information content (AvgIpc) is 2.45. The average molecular weight is 383 g/mol. The van der Waals surface area contributed by atoms with Gasteiger partial charge < -0.3 is 4.90 Å². The van der Waals surface area contributed by atoms with Crippen molar-refractivity contribution >= 4 is 34.1 Å². The topological polar surface area (TPSA) is 20.3 Å². The SMILES string of the molecule is CCN(CC(=O)c1ccc(I)cc1)c1cccc(F)c1. The van der Waals surface area contributed by atoms with Crippen LogP contribution in [-0.2, 0) is 0 Å². The molecule has 0 saturated carbocycles. The lowest BCUT2D eigenvalue weighted by Gasteiger charge is -2.22. The monoisotopic (exact) mass is 383 g/mol. The number of halogens is 2. The summed E-state index contributed by atoms with van der Waals surface area (Å²) in [5.41, 5.74) is 1.41. The fraction of sp³-hybridized carbons (Fsp3) is 0.188. The molecule has 0 aromatic heterocycles. The first kappa shape index (κ1) is 15.0. The maximum Gasteiger partial charge on any atom is 0.182 e. The normalized spacial score (nSPS) is 10.3. The number of carbonyl (C=O) groups excluding carboxylic acids is 1. The molecule has 0 aliphatic carbocycles. The fourth-order valence-electron chi connectivity index (χ4n) is 1.96. The van der Waals surface area contributed by atoms with Crippen molar-refractivity contribution < 1.29 is 9.18 Å². The first-order chi connectivity index (χ1) is 9.60. The highest BCUT2D eigenvalue weighted by Crippen LogP contribution is 2.16. The van der Waals surface area contributed by atoms with Crippen LogP contribution >= 0.6 is 22.6 Å². The zero-order valence-electron chi connectivity index (χ0n) is 11.1. The molecule has 0 radical (unpaired) electrons. The quantitative estimate of drug-likeness (QED) is 0.572. The fourth-order valence-corrected chi connectivity index (χ4v) is 2.32. The van der Waals surface area contributed by atoms with E-state index < -0.39 is 0 Å². The Bertz CT molecular complexity index is 598. The third-order valence-electron chi connectivity index (χ3n) is 3.06. The van der Waals surface area contributed by atoms with Crippen LogP contribution in [-0.4, -0.2) is 18.9 Å². The van der Waals surface area contributed by atoms with Crippen molar-refractivity contribution in [3.63, 3.8) is 0 Å². The van der Waals surface area contributed by atoms with Gasteiger partial charge in [-0.3, -0.25) is 4.79 Å². The van der Waals surface area contributed by atoms with Gasteiger partial charge in [-0.15, -0.1) is 0 Å². The van der Waals surface area contributed by atoms with Gasteiger partial charge in [0.2, 0.25) is 0 Å². The molecular weight excluding hydrogens is 368 g/mol. The molecule has 0 fully saturated rings. The van der Waals surface area contributed by atoms with Crippen molar-refractivity contribution in [3.8, 4) is 0 Å². The number of hydrogen-bond acceptors (Lipinski definition) is 2. The summed E-state index contributed by atoms with van der Waals surface area (Å²) in [6, 6.07) is 13.8. The van der Waals surface area contributed by atoms with Gasteiger partial charge >= 0.3 is 0 Å². The van der Waals surface area contributed by atoms with Gasteiger partial charge in [0.25, 0.3) is 0 Å². The number of carbonyl (C=O) groups is 1. The van der Waals surface area contributed by atoms with E-state index in [0.717, 1.165) is 9.26 Å². The molecule has 0 atom stereocenters. The molecule has 0 N–H and O–H groups in total. The van der Waals surface area contributed by atoms with Crippen LogP contribution in [0.15, 0.2) is 48.5 Å². The molecule has 0 aliphatic rings. The van der Waals surface area contributed by atoms with E-state index in [9.17, 15) is 9.18 Å². The van der Waals surface area contributed by atoms with E-state index in [-0.39, 0.29) is 18.1 Å². The van der Waals surface area contributed by atoms with Crippen LogP contribution in [0.2, 0.25) is 0 Å². The molecule has 0 aliphatic heterocycles. The lowest BCUT2D eigenvalue weighted by molar-refractivity contribution is 0.0999. The minimum absolute atomic E-state index is 0.0347. The molecule has 20 heavy (non-hydrogen) atoms. The largest absolute Gasteiger partial charge is 0.364 e. The summed E-state index contributed by atoms with van der Waals surface area (Å²) in [6.45, 7) is 2.85. The van der Waals surface area contributed by atoms with Gasteiger partial charge in [0.05, 0.1) is 6.54 Å². The van der Waals surface area contributed by atoms with E-state index in [0.29, 0.717) is 12.1 Å². The molecule has 0 saturated heterocycles. The Kier molecular flexibility index (Phi) is 5.11. The van der Waals surface area contributed by atoms with Crippen molar-refractivity contribution in [3.05, 3.63) is 63.5 Å². The highest BCUT2D eigenvalue weighted by molar-refractivity contribution is 14.1. The maximum absolute atomic E-state index is 13.3. The number of rotatable bonds is 5. The highest BCUT2D eigenvalue weighted by atomic mass is 127. The Morgan fingerprint density at radius 3 is 2.50 bits per heavy atom. The predicted molar refractivity (Wildman–Crippen MR) is 87.8 cm³/mol. The molecule has 2 nitrogen and oxygen atoms in total. The van der Waals surface area contributed by atoms with E-state index in [4.69, 9.17) is 0 Å². The maximum atomic E-state index is 13.3. The van der Waals surface area contributed by atoms with Crippen LogP contribution in [0, 0.1) is 9.39 Å². The molecule has 2 aromatic rings. The number of nitrogens with zero attached hydrogens (tertiary/aromatic N) is 1. The van der Waals surface area contributed by atoms with Gasteiger partial charge in [0, 0.05) is 21.4 Å². The van der Waals surface area contributed by atoms with E-state index in [2.05, 4.69) is 22.6 Å². The summed E-state index contributed by atoms with van der Waals surface area (Å²) >= 11 is 2.20. The van der Waals surface area contributed by atoms with Crippen LogP contribution in [0.3, 0.4) is 0 Å². The standard InChI is InChI=1S/C16H15FINO/c1-2-19(15-5-3-4-13(17)10-15)11-16(20)12-6-8-14(18)9-7-12/h3-10H,2,11H2,1H3. The van der Waals surface area contributed by atoms with Crippen molar-refractivity contribution in [1.29, 1.82) is 0 Å². The lowest BCUT2D eigenvalue weighted by atomic mass is 10.1. The smallest absolute Gasteiger partial charge is 0.182 e. The van der Waals surface area contributed by atoms with Crippen molar-refractivity contribution in [2.75, 3.05) is 18.0 Å². The van der Waals surface area contributed by atoms with Gasteiger partial charge in [-0.25, -0.2) is 4.39 Å². The second-order valence-corrected chi connectivity index (χ2v) is 5.67. The van der Waals surface area contributed by atoms with Crippen LogP contribution in [0.1, 0.15) is 17.3 Å². The zero-order chi connectivity index (χ0) is 14.5. The molecule has 0 heterocycles. The Labute approximate surface area is 131 Å². The first-order valence-electron chi connectivity index (χ1n) is 6.39. The van der Waals surface area contributed by atoms with Gasteiger partial charge in [-0.05, 0) is 59.8 Å². The van der Waals surface area contributed by atoms with Gasteiger partial charge in [-0.2, -0.15) is 0 Å². The molecule has 0 unspecified atom stereocenters. The van der Waals surface area contributed by atoms with E-state index in [1.807, 2.05) is 42.2 Å².